The fourth-order valence-corrected chi connectivity index (χ4v) is 4.77. The lowest BCUT2D eigenvalue weighted by molar-refractivity contribution is 0.0198. The molecule has 3 aromatic rings. The number of amides is 1. The molecule has 1 fully saturated rings. The number of aromatic nitrogens is 4. The Balaban J connectivity index is 1.39. The molecule has 0 radical (unpaired) electrons. The van der Waals surface area contributed by atoms with E-state index in [2.05, 4.69) is 15.5 Å². The second kappa shape index (κ2) is 9.25. The Morgan fingerprint density at radius 3 is 2.72 bits per heavy atom. The summed E-state index contributed by atoms with van der Waals surface area (Å²) in [6.07, 6.45) is 2.02. The fraction of sp³-hybridized carbons (Fsp3) is 0.440. The van der Waals surface area contributed by atoms with Crippen molar-refractivity contribution < 1.29 is 19.2 Å². The Morgan fingerprint density at radius 1 is 1.28 bits per heavy atom. The summed E-state index contributed by atoms with van der Waals surface area (Å²) in [6.45, 7) is 8.57. The summed E-state index contributed by atoms with van der Waals surface area (Å²) < 4.78 is 12.9. The van der Waals surface area contributed by atoms with Crippen molar-refractivity contribution in [2.24, 2.45) is 5.92 Å². The van der Waals surface area contributed by atoms with Gasteiger partial charge in [0.1, 0.15) is 23.2 Å². The highest BCUT2D eigenvalue weighted by molar-refractivity contribution is 6.30. The molecule has 0 bridgehead atoms. The smallest absolute Gasteiger partial charge is 0.410 e. The van der Waals surface area contributed by atoms with Gasteiger partial charge in [-0.2, -0.15) is 10.1 Å². The van der Waals surface area contributed by atoms with E-state index in [9.17, 15) is 9.90 Å². The minimum Gasteiger partial charge on any atom is -0.444 e. The zero-order valence-electron chi connectivity index (χ0n) is 20.7. The van der Waals surface area contributed by atoms with Gasteiger partial charge in [0.15, 0.2) is 0 Å². The maximum atomic E-state index is 12.5. The van der Waals surface area contributed by atoms with Gasteiger partial charge in [-0.15, -0.1) is 0 Å². The van der Waals surface area contributed by atoms with E-state index in [1.807, 2.05) is 39.8 Å². The third-order valence-corrected chi connectivity index (χ3v) is 6.44. The van der Waals surface area contributed by atoms with Crippen LogP contribution in [0.5, 0.6) is 0 Å². The van der Waals surface area contributed by atoms with Crippen LogP contribution in [-0.2, 0) is 4.74 Å². The summed E-state index contributed by atoms with van der Waals surface area (Å²) in [5.74, 6) is 1.40. The van der Waals surface area contributed by atoms with Crippen LogP contribution in [0, 0.1) is 12.8 Å². The third kappa shape index (κ3) is 4.83. The van der Waals surface area contributed by atoms with Gasteiger partial charge in [-0.25, -0.2) is 9.48 Å². The number of carbonyl (C=O) groups excluding carboxylic acids is 1. The molecule has 4 heterocycles. The first-order valence-electron chi connectivity index (χ1n) is 11.9. The molecule has 36 heavy (non-hydrogen) atoms. The molecule has 1 atom stereocenters. The van der Waals surface area contributed by atoms with Crippen LogP contribution in [0.4, 0.5) is 10.6 Å². The molecule has 2 aliphatic heterocycles. The minimum atomic E-state index is -0.901. The first-order chi connectivity index (χ1) is 17.1. The van der Waals surface area contributed by atoms with Gasteiger partial charge in [0.05, 0.1) is 5.69 Å². The molecule has 190 valence electrons. The van der Waals surface area contributed by atoms with Gasteiger partial charge in [0, 0.05) is 35.3 Å². The van der Waals surface area contributed by atoms with E-state index in [0.717, 1.165) is 24.1 Å². The number of ether oxygens (including phenoxy) is 1. The highest BCUT2D eigenvalue weighted by Crippen LogP contribution is 2.39. The maximum Gasteiger partial charge on any atom is 0.410 e. The Hall–Kier alpha value is -3.37. The number of anilines is 1. The molecule has 1 saturated heterocycles. The predicted molar refractivity (Wildman–Crippen MR) is 135 cm³/mol. The van der Waals surface area contributed by atoms with Crippen LogP contribution in [0.15, 0.2) is 34.9 Å². The van der Waals surface area contributed by atoms with Crippen molar-refractivity contribution in [3.8, 4) is 22.8 Å². The van der Waals surface area contributed by atoms with Crippen molar-refractivity contribution >= 4 is 29.2 Å². The number of nitrogens with one attached hydrogen (secondary N) is 1. The quantitative estimate of drug-likeness (QED) is 0.514. The molecule has 1 unspecified atom stereocenters. The summed E-state index contributed by atoms with van der Waals surface area (Å²) in [5, 5.41) is 23.1. The van der Waals surface area contributed by atoms with Crippen molar-refractivity contribution in [2.45, 2.75) is 52.4 Å². The number of rotatable bonds is 3. The number of hydrogen-bond acceptors (Lipinski definition) is 8. The van der Waals surface area contributed by atoms with E-state index in [1.165, 1.54) is 0 Å². The number of benzene rings is 1. The molecular formula is C25H29ClN6O4. The number of nitrogens with zero attached hydrogens (tertiary/aromatic N) is 5. The van der Waals surface area contributed by atoms with E-state index in [0.29, 0.717) is 46.9 Å². The highest BCUT2D eigenvalue weighted by atomic mass is 35.5. The predicted octanol–water partition coefficient (Wildman–Crippen LogP) is 4.79. The summed E-state index contributed by atoms with van der Waals surface area (Å²) in [6, 6.07) is 7.22. The van der Waals surface area contributed by atoms with Crippen LogP contribution in [0.3, 0.4) is 0 Å². The molecular weight excluding hydrogens is 484 g/mol. The van der Waals surface area contributed by atoms with Crippen LogP contribution < -0.4 is 5.32 Å². The standard InChI is InChI=1S/C25H29ClN6O4/c1-14-20(23-28-21(30-36-23)16-6-5-7-17(26)12-16)22-27-19(33)13-18(32(22)29-14)15-8-10-31(11-9-15)24(34)35-25(2,3)4/h5-7,12-13,15,19,27,33H,8-11H2,1-4H3. The summed E-state index contributed by atoms with van der Waals surface area (Å²) in [7, 11) is 0. The van der Waals surface area contributed by atoms with Crippen molar-refractivity contribution in [3.63, 3.8) is 0 Å². The van der Waals surface area contributed by atoms with Gasteiger partial charge < -0.3 is 24.6 Å². The summed E-state index contributed by atoms with van der Waals surface area (Å²) >= 11 is 6.11. The average molecular weight is 513 g/mol. The number of piperidine rings is 1. The van der Waals surface area contributed by atoms with Gasteiger partial charge in [-0.1, -0.05) is 28.9 Å². The normalized spacial score (nSPS) is 18.4. The molecule has 11 heteroatoms. The van der Waals surface area contributed by atoms with Crippen LogP contribution in [0.25, 0.3) is 28.5 Å². The molecule has 1 amide bonds. The Labute approximate surface area is 213 Å². The van der Waals surface area contributed by atoms with Crippen molar-refractivity contribution in [1.29, 1.82) is 0 Å². The molecule has 5 rings (SSSR count). The van der Waals surface area contributed by atoms with E-state index >= 15 is 0 Å². The zero-order valence-corrected chi connectivity index (χ0v) is 21.4. The molecule has 2 aromatic heterocycles. The summed E-state index contributed by atoms with van der Waals surface area (Å²) in [5.41, 5.74) is 2.40. The van der Waals surface area contributed by atoms with Crippen LogP contribution in [0.2, 0.25) is 5.02 Å². The van der Waals surface area contributed by atoms with Crippen LogP contribution >= 0.6 is 11.6 Å². The zero-order chi connectivity index (χ0) is 25.6. The minimum absolute atomic E-state index is 0.107. The third-order valence-electron chi connectivity index (χ3n) is 6.21. The Kier molecular flexibility index (Phi) is 6.25. The number of aliphatic hydroxyl groups excluding tert-OH is 1. The average Bonchev–Trinajstić information content (AvgIpc) is 3.41. The van der Waals surface area contributed by atoms with Gasteiger partial charge in [0.25, 0.3) is 5.89 Å². The highest BCUT2D eigenvalue weighted by Gasteiger charge is 2.34. The number of hydrogen-bond donors (Lipinski definition) is 2. The largest absolute Gasteiger partial charge is 0.444 e. The lowest BCUT2D eigenvalue weighted by Crippen LogP contribution is -2.42. The first-order valence-corrected chi connectivity index (χ1v) is 12.3. The number of allylic oxidation sites excluding steroid dienone is 1. The lowest BCUT2D eigenvalue weighted by atomic mass is 9.92. The molecule has 10 nitrogen and oxygen atoms in total. The van der Waals surface area contributed by atoms with Gasteiger partial charge in [-0.3, -0.25) is 0 Å². The summed E-state index contributed by atoms with van der Waals surface area (Å²) in [4.78, 5) is 18.8. The molecule has 0 aliphatic carbocycles. The van der Waals surface area contributed by atoms with Gasteiger partial charge in [0.2, 0.25) is 5.82 Å². The Morgan fingerprint density at radius 2 is 2.03 bits per heavy atom. The van der Waals surface area contributed by atoms with Gasteiger partial charge >= 0.3 is 6.09 Å². The molecule has 2 aliphatic rings. The SMILES string of the molecule is Cc1nn2c(c1-c1nc(-c3cccc(Cl)c3)no1)NC(O)C=C2C1CCN(C(=O)OC(C)(C)C)CC1. The van der Waals surface area contributed by atoms with E-state index in [-0.39, 0.29) is 12.0 Å². The number of halogens is 1. The van der Waals surface area contributed by atoms with Crippen molar-refractivity contribution in [2.75, 3.05) is 18.4 Å². The Bertz CT molecular complexity index is 1320. The van der Waals surface area contributed by atoms with Crippen LogP contribution in [-0.4, -0.2) is 60.9 Å². The second-order valence-electron chi connectivity index (χ2n) is 10.1. The topological polar surface area (TPSA) is 119 Å². The fourth-order valence-electron chi connectivity index (χ4n) is 4.58. The molecule has 0 spiro atoms. The number of aryl methyl sites for hydroxylation is 1. The van der Waals surface area contributed by atoms with E-state index in [1.54, 1.807) is 27.8 Å². The first kappa shape index (κ1) is 24.3. The van der Waals surface area contributed by atoms with Crippen molar-refractivity contribution in [1.82, 2.24) is 24.8 Å². The molecule has 1 aromatic carbocycles. The number of likely N-dealkylation sites (tertiary alicyclic amines) is 1. The maximum absolute atomic E-state index is 12.5. The number of aliphatic hydroxyl groups is 1. The van der Waals surface area contributed by atoms with Crippen molar-refractivity contribution in [3.05, 3.63) is 41.1 Å². The van der Waals surface area contributed by atoms with E-state index in [4.69, 9.17) is 26.0 Å². The second-order valence-corrected chi connectivity index (χ2v) is 10.5. The molecule has 0 saturated carbocycles. The monoisotopic (exact) mass is 512 g/mol. The number of fused-ring (bicyclic) bond motifs is 1. The van der Waals surface area contributed by atoms with Crippen LogP contribution in [0.1, 0.15) is 39.3 Å². The molecule has 2 N–H and O–H groups in total. The number of carbonyl (C=O) groups is 1. The van der Waals surface area contributed by atoms with Gasteiger partial charge in [-0.05, 0) is 58.7 Å². The van der Waals surface area contributed by atoms with E-state index < -0.39 is 11.8 Å². The lowest BCUT2D eigenvalue weighted by Gasteiger charge is -2.35.